The summed E-state index contributed by atoms with van der Waals surface area (Å²) in [4.78, 5) is 4.27. The third kappa shape index (κ3) is 5.25. The number of hydrogen-bond acceptors (Lipinski definition) is 4. The van der Waals surface area contributed by atoms with E-state index in [4.69, 9.17) is 9.84 Å². The van der Waals surface area contributed by atoms with Gasteiger partial charge in [0.05, 0.1) is 24.7 Å². The largest absolute Gasteiger partial charge is 0.393 e. The lowest BCUT2D eigenvalue weighted by Crippen LogP contribution is -2.18. The molecular formula is C11H21N3O2. The molecule has 0 spiro atoms. The molecule has 1 rings (SSSR count). The van der Waals surface area contributed by atoms with Crippen molar-refractivity contribution in [3.8, 4) is 0 Å². The molecule has 0 aliphatic carbocycles. The van der Waals surface area contributed by atoms with Gasteiger partial charge in [-0.3, -0.25) is 0 Å². The molecule has 0 aliphatic rings. The standard InChI is InChI=1S/C11H21N3O2/c1-10(15)3-5-14-8-11(13-9-14)7-12-4-6-16-2/h8-10,12,15H,3-7H2,1-2H3. The van der Waals surface area contributed by atoms with Gasteiger partial charge in [0, 0.05) is 32.9 Å². The number of imidazole rings is 1. The maximum absolute atomic E-state index is 9.16. The monoisotopic (exact) mass is 227 g/mol. The first kappa shape index (κ1) is 13.2. The number of hydrogen-bond donors (Lipinski definition) is 2. The number of methoxy groups -OCH3 is 1. The highest BCUT2D eigenvalue weighted by Crippen LogP contribution is 1.99. The summed E-state index contributed by atoms with van der Waals surface area (Å²) in [6, 6.07) is 0. The summed E-state index contributed by atoms with van der Waals surface area (Å²) in [6.45, 7) is 4.90. The molecule has 0 amide bonds. The van der Waals surface area contributed by atoms with Crippen molar-refractivity contribution in [2.24, 2.45) is 0 Å². The number of nitrogens with one attached hydrogen (secondary N) is 1. The van der Waals surface area contributed by atoms with E-state index in [1.165, 1.54) is 0 Å². The van der Waals surface area contributed by atoms with Crippen LogP contribution in [0.15, 0.2) is 12.5 Å². The van der Waals surface area contributed by atoms with Gasteiger partial charge in [-0.15, -0.1) is 0 Å². The molecule has 0 aliphatic heterocycles. The molecule has 5 heteroatoms. The highest BCUT2D eigenvalue weighted by Gasteiger charge is 2.00. The van der Waals surface area contributed by atoms with Crippen molar-refractivity contribution >= 4 is 0 Å². The molecule has 16 heavy (non-hydrogen) atoms. The molecule has 92 valence electrons. The lowest BCUT2D eigenvalue weighted by molar-refractivity contribution is 0.178. The molecule has 0 saturated carbocycles. The van der Waals surface area contributed by atoms with E-state index in [1.807, 2.05) is 10.8 Å². The predicted octanol–water partition coefficient (Wildman–Crippen LogP) is 0.390. The number of nitrogens with zero attached hydrogens (tertiary/aromatic N) is 2. The molecule has 1 atom stereocenters. The minimum absolute atomic E-state index is 0.259. The maximum atomic E-state index is 9.16. The van der Waals surface area contributed by atoms with Crippen LogP contribution in [0.25, 0.3) is 0 Å². The Labute approximate surface area is 96.4 Å². The molecule has 0 bridgehead atoms. The van der Waals surface area contributed by atoms with Gasteiger partial charge in [-0.1, -0.05) is 0 Å². The van der Waals surface area contributed by atoms with E-state index in [-0.39, 0.29) is 6.10 Å². The Morgan fingerprint density at radius 1 is 1.62 bits per heavy atom. The van der Waals surface area contributed by atoms with Crippen molar-refractivity contribution in [3.63, 3.8) is 0 Å². The molecule has 2 N–H and O–H groups in total. The summed E-state index contributed by atoms with van der Waals surface area (Å²) in [5.41, 5.74) is 1.02. The van der Waals surface area contributed by atoms with Crippen LogP contribution in [0.5, 0.6) is 0 Å². The van der Waals surface area contributed by atoms with Gasteiger partial charge in [0.15, 0.2) is 0 Å². The Balaban J connectivity index is 2.22. The first-order valence-electron chi connectivity index (χ1n) is 5.60. The Hall–Kier alpha value is -0.910. The van der Waals surface area contributed by atoms with Gasteiger partial charge in [0.25, 0.3) is 0 Å². The summed E-state index contributed by atoms with van der Waals surface area (Å²) in [6.07, 6.45) is 4.30. The third-order valence-corrected chi connectivity index (χ3v) is 2.28. The average Bonchev–Trinajstić information content (AvgIpc) is 2.70. The van der Waals surface area contributed by atoms with Crippen molar-refractivity contribution in [1.29, 1.82) is 0 Å². The number of aromatic nitrogens is 2. The van der Waals surface area contributed by atoms with Crippen LogP contribution in [0.3, 0.4) is 0 Å². The minimum Gasteiger partial charge on any atom is -0.393 e. The zero-order valence-corrected chi connectivity index (χ0v) is 10.0. The second-order valence-electron chi connectivity index (χ2n) is 3.91. The SMILES string of the molecule is COCCNCc1cn(CCC(C)O)cn1. The smallest absolute Gasteiger partial charge is 0.0949 e. The van der Waals surface area contributed by atoms with E-state index < -0.39 is 0 Å². The normalized spacial score (nSPS) is 12.9. The second kappa shape index (κ2) is 7.38. The van der Waals surface area contributed by atoms with Crippen molar-refractivity contribution in [1.82, 2.24) is 14.9 Å². The molecule has 0 radical (unpaired) electrons. The van der Waals surface area contributed by atoms with E-state index >= 15 is 0 Å². The molecule has 0 fully saturated rings. The topological polar surface area (TPSA) is 59.3 Å². The van der Waals surface area contributed by atoms with Crippen LogP contribution >= 0.6 is 0 Å². The number of aryl methyl sites for hydroxylation is 1. The second-order valence-corrected chi connectivity index (χ2v) is 3.91. The zero-order valence-electron chi connectivity index (χ0n) is 10.0. The van der Waals surface area contributed by atoms with Gasteiger partial charge in [-0.25, -0.2) is 4.98 Å². The van der Waals surface area contributed by atoms with Gasteiger partial charge in [0.2, 0.25) is 0 Å². The Bertz CT molecular complexity index is 287. The van der Waals surface area contributed by atoms with Gasteiger partial charge >= 0.3 is 0 Å². The van der Waals surface area contributed by atoms with Crippen LogP contribution in [-0.2, 0) is 17.8 Å². The van der Waals surface area contributed by atoms with Crippen LogP contribution in [0, 0.1) is 0 Å². The molecule has 0 saturated heterocycles. The Morgan fingerprint density at radius 3 is 3.12 bits per heavy atom. The molecule has 1 heterocycles. The van der Waals surface area contributed by atoms with Crippen LogP contribution in [0.2, 0.25) is 0 Å². The first-order chi connectivity index (χ1) is 7.72. The van der Waals surface area contributed by atoms with Gasteiger partial charge in [-0.05, 0) is 13.3 Å². The van der Waals surface area contributed by atoms with E-state index in [9.17, 15) is 0 Å². The number of aliphatic hydroxyl groups excluding tert-OH is 1. The van der Waals surface area contributed by atoms with Crippen molar-refractivity contribution in [2.45, 2.75) is 32.5 Å². The summed E-state index contributed by atoms with van der Waals surface area (Å²) in [5, 5.41) is 12.4. The highest BCUT2D eigenvalue weighted by molar-refractivity contribution is 4.96. The first-order valence-corrected chi connectivity index (χ1v) is 5.60. The molecule has 5 nitrogen and oxygen atoms in total. The molecular weight excluding hydrogens is 206 g/mol. The fourth-order valence-electron chi connectivity index (χ4n) is 1.35. The van der Waals surface area contributed by atoms with E-state index in [1.54, 1.807) is 20.4 Å². The van der Waals surface area contributed by atoms with E-state index in [0.29, 0.717) is 6.61 Å². The number of aliphatic hydroxyl groups is 1. The summed E-state index contributed by atoms with van der Waals surface area (Å²) in [5.74, 6) is 0. The number of ether oxygens (including phenoxy) is 1. The molecule has 1 aromatic heterocycles. The number of rotatable bonds is 8. The van der Waals surface area contributed by atoms with Crippen molar-refractivity contribution < 1.29 is 9.84 Å². The van der Waals surface area contributed by atoms with Crippen molar-refractivity contribution in [3.05, 3.63) is 18.2 Å². The highest BCUT2D eigenvalue weighted by atomic mass is 16.5. The van der Waals surface area contributed by atoms with Gasteiger partial charge in [0.1, 0.15) is 0 Å². The van der Waals surface area contributed by atoms with Gasteiger partial charge in [-0.2, -0.15) is 0 Å². The molecule has 1 aromatic rings. The van der Waals surface area contributed by atoms with Crippen LogP contribution in [0.1, 0.15) is 19.0 Å². The summed E-state index contributed by atoms with van der Waals surface area (Å²) < 4.78 is 6.93. The lowest BCUT2D eigenvalue weighted by atomic mass is 10.3. The van der Waals surface area contributed by atoms with Crippen LogP contribution in [-0.4, -0.2) is 41.0 Å². The summed E-state index contributed by atoms with van der Waals surface area (Å²) >= 11 is 0. The lowest BCUT2D eigenvalue weighted by Gasteiger charge is -2.04. The fourth-order valence-corrected chi connectivity index (χ4v) is 1.35. The Kier molecular flexibility index (Phi) is 6.07. The maximum Gasteiger partial charge on any atom is 0.0949 e. The quantitative estimate of drug-likeness (QED) is 0.631. The average molecular weight is 227 g/mol. The minimum atomic E-state index is -0.259. The van der Waals surface area contributed by atoms with Crippen LogP contribution < -0.4 is 5.32 Å². The molecule has 0 aromatic carbocycles. The zero-order chi connectivity index (χ0) is 11.8. The summed E-state index contributed by atoms with van der Waals surface area (Å²) in [7, 11) is 1.69. The van der Waals surface area contributed by atoms with Crippen LogP contribution in [0.4, 0.5) is 0 Å². The van der Waals surface area contributed by atoms with E-state index in [0.717, 1.165) is 31.7 Å². The molecule has 1 unspecified atom stereocenters. The van der Waals surface area contributed by atoms with E-state index in [2.05, 4.69) is 10.3 Å². The third-order valence-electron chi connectivity index (χ3n) is 2.28. The van der Waals surface area contributed by atoms with Gasteiger partial charge < -0.3 is 19.7 Å². The van der Waals surface area contributed by atoms with Crippen molar-refractivity contribution in [2.75, 3.05) is 20.3 Å². The fraction of sp³-hybridized carbons (Fsp3) is 0.727. The Morgan fingerprint density at radius 2 is 2.44 bits per heavy atom. The predicted molar refractivity (Wildman–Crippen MR) is 62.1 cm³/mol.